The molecule has 0 unspecified atom stereocenters. The summed E-state index contributed by atoms with van der Waals surface area (Å²) in [5, 5.41) is 26.2. The smallest absolute Gasteiger partial charge is 0.339 e. The van der Waals surface area contributed by atoms with Crippen LogP contribution in [0.1, 0.15) is 15.9 Å². The van der Waals surface area contributed by atoms with E-state index in [1.807, 2.05) is 31.9 Å². The number of phenols is 2. The fourth-order valence-electron chi connectivity index (χ4n) is 1.22. The van der Waals surface area contributed by atoms with Gasteiger partial charge in [0.15, 0.2) is 0 Å². The average molecular weight is 276 g/mol. The molecule has 0 fully saturated rings. The molecule has 2 rings (SSSR count). The normalized spacial score (nSPS) is 8.45. The van der Waals surface area contributed by atoms with Gasteiger partial charge in [0, 0.05) is 0 Å². The number of aromatic carboxylic acids is 1. The number of para-hydroxylation sites is 2. The Bertz CT molecular complexity index is 530. The molecule has 0 aliphatic rings. The molecule has 20 heavy (non-hydrogen) atoms. The molecule has 0 atom stereocenters. The zero-order valence-corrected chi connectivity index (χ0v) is 11.0. The highest BCUT2D eigenvalue weighted by atomic mass is 16.4. The standard InChI is InChI=1S/C7H6O3.C7H8O.CH2O/c8-6-4-2-1-3-5(6)7(9)10;1-6-4-2-3-5-7(6)8;1-2/h1-4,8H,(H,9,10);2-5,8H,1H3;1H2. The number of carbonyl (C=O) groups is 2. The number of hydrogen-bond acceptors (Lipinski definition) is 4. The van der Waals surface area contributed by atoms with Crippen molar-refractivity contribution in [1.82, 2.24) is 0 Å². The zero-order valence-electron chi connectivity index (χ0n) is 11.0. The summed E-state index contributed by atoms with van der Waals surface area (Å²) in [5.74, 6) is -0.944. The number of hydrogen-bond donors (Lipinski definition) is 3. The van der Waals surface area contributed by atoms with Gasteiger partial charge in [0.05, 0.1) is 0 Å². The van der Waals surface area contributed by atoms with E-state index in [0.29, 0.717) is 5.75 Å². The minimum absolute atomic E-state index is 0.0671. The van der Waals surface area contributed by atoms with E-state index < -0.39 is 5.97 Å². The van der Waals surface area contributed by atoms with E-state index in [0.717, 1.165) is 5.56 Å². The summed E-state index contributed by atoms with van der Waals surface area (Å²) >= 11 is 0. The molecule has 5 heteroatoms. The lowest BCUT2D eigenvalue weighted by Crippen LogP contribution is -1.95. The van der Waals surface area contributed by atoms with Crippen molar-refractivity contribution in [2.75, 3.05) is 0 Å². The largest absolute Gasteiger partial charge is 0.508 e. The maximum absolute atomic E-state index is 10.3. The van der Waals surface area contributed by atoms with Crippen molar-refractivity contribution in [3.63, 3.8) is 0 Å². The molecule has 0 saturated heterocycles. The van der Waals surface area contributed by atoms with E-state index in [1.165, 1.54) is 12.1 Å². The average Bonchev–Trinajstić information content (AvgIpc) is 2.45. The highest BCUT2D eigenvalue weighted by Crippen LogP contribution is 2.14. The fourth-order valence-corrected chi connectivity index (χ4v) is 1.22. The Morgan fingerprint density at radius 3 is 1.65 bits per heavy atom. The number of carboxylic acid groups (broad SMARTS) is 1. The van der Waals surface area contributed by atoms with Crippen molar-refractivity contribution in [3.05, 3.63) is 59.7 Å². The van der Waals surface area contributed by atoms with Gasteiger partial charge in [-0.25, -0.2) is 4.79 Å². The molecule has 0 heterocycles. The summed E-state index contributed by atoms with van der Waals surface area (Å²) < 4.78 is 0. The molecule has 2 aromatic rings. The van der Waals surface area contributed by atoms with Crippen LogP contribution in [-0.4, -0.2) is 28.1 Å². The van der Waals surface area contributed by atoms with Gasteiger partial charge < -0.3 is 20.1 Å². The summed E-state index contributed by atoms with van der Waals surface area (Å²) in [6.45, 7) is 3.87. The maximum Gasteiger partial charge on any atom is 0.339 e. The topological polar surface area (TPSA) is 94.8 Å². The number of aryl methyl sites for hydroxylation is 1. The van der Waals surface area contributed by atoms with Gasteiger partial charge in [0.1, 0.15) is 23.9 Å². The zero-order chi connectivity index (χ0) is 15.5. The van der Waals surface area contributed by atoms with Crippen LogP contribution in [0.3, 0.4) is 0 Å². The van der Waals surface area contributed by atoms with E-state index in [9.17, 15) is 4.79 Å². The van der Waals surface area contributed by atoms with E-state index in [4.69, 9.17) is 20.1 Å². The molecule has 0 aromatic heterocycles. The number of benzene rings is 2. The molecule has 0 radical (unpaired) electrons. The first kappa shape index (κ1) is 17.2. The van der Waals surface area contributed by atoms with Crippen LogP contribution in [0.25, 0.3) is 0 Å². The first-order valence-corrected chi connectivity index (χ1v) is 5.57. The van der Waals surface area contributed by atoms with Crippen molar-refractivity contribution in [2.24, 2.45) is 0 Å². The number of carbonyl (C=O) groups excluding carboxylic acids is 1. The minimum Gasteiger partial charge on any atom is -0.508 e. The second kappa shape index (κ2) is 9.16. The van der Waals surface area contributed by atoms with E-state index in [2.05, 4.69) is 0 Å². The third-order valence-corrected chi connectivity index (χ3v) is 2.25. The van der Waals surface area contributed by atoms with Gasteiger partial charge in [-0.05, 0) is 30.7 Å². The van der Waals surface area contributed by atoms with Gasteiger partial charge in [-0.15, -0.1) is 0 Å². The molecule has 0 aliphatic carbocycles. The Balaban J connectivity index is 0.000000327. The number of aromatic hydroxyl groups is 2. The molecular weight excluding hydrogens is 260 g/mol. The molecule has 106 valence electrons. The third kappa shape index (κ3) is 5.68. The van der Waals surface area contributed by atoms with Crippen molar-refractivity contribution in [1.29, 1.82) is 0 Å². The SMILES string of the molecule is C=O.Cc1ccccc1O.O=C(O)c1ccccc1O. The molecule has 0 aliphatic heterocycles. The van der Waals surface area contributed by atoms with Gasteiger partial charge >= 0.3 is 5.97 Å². The Morgan fingerprint density at radius 2 is 1.35 bits per heavy atom. The molecule has 0 amide bonds. The Morgan fingerprint density at radius 1 is 0.900 bits per heavy atom. The van der Waals surface area contributed by atoms with Gasteiger partial charge in [-0.2, -0.15) is 0 Å². The lowest BCUT2D eigenvalue weighted by atomic mass is 10.2. The van der Waals surface area contributed by atoms with Gasteiger partial charge in [-0.3, -0.25) is 0 Å². The van der Waals surface area contributed by atoms with Crippen molar-refractivity contribution < 1.29 is 24.9 Å². The lowest BCUT2D eigenvalue weighted by Gasteiger charge is -1.95. The Kier molecular flexibility index (Phi) is 7.86. The Labute approximate surface area is 116 Å². The second-order valence-electron chi connectivity index (χ2n) is 3.61. The number of phenolic OH excluding ortho intramolecular Hbond substituents is 1. The lowest BCUT2D eigenvalue weighted by molar-refractivity contribution is -0.0980. The monoisotopic (exact) mass is 276 g/mol. The van der Waals surface area contributed by atoms with Crippen molar-refractivity contribution >= 4 is 12.8 Å². The summed E-state index contributed by atoms with van der Waals surface area (Å²) in [6.07, 6.45) is 0. The molecule has 5 nitrogen and oxygen atoms in total. The van der Waals surface area contributed by atoms with E-state index in [-0.39, 0.29) is 11.3 Å². The fraction of sp³-hybridized carbons (Fsp3) is 0.0667. The first-order chi connectivity index (χ1) is 9.52. The van der Waals surface area contributed by atoms with Gasteiger partial charge in [-0.1, -0.05) is 30.3 Å². The summed E-state index contributed by atoms with van der Waals surface area (Å²) in [7, 11) is 0. The van der Waals surface area contributed by atoms with E-state index in [1.54, 1.807) is 18.2 Å². The number of rotatable bonds is 1. The summed E-state index contributed by atoms with van der Waals surface area (Å²) in [6, 6.07) is 13.1. The molecule has 3 N–H and O–H groups in total. The Hall–Kier alpha value is -2.82. The van der Waals surface area contributed by atoms with Crippen molar-refractivity contribution in [3.8, 4) is 11.5 Å². The minimum atomic E-state index is -1.11. The molecule has 0 bridgehead atoms. The van der Waals surface area contributed by atoms with Crippen LogP contribution in [-0.2, 0) is 4.79 Å². The van der Waals surface area contributed by atoms with E-state index >= 15 is 0 Å². The number of carboxylic acids is 1. The molecule has 2 aromatic carbocycles. The second-order valence-corrected chi connectivity index (χ2v) is 3.61. The molecule has 0 spiro atoms. The predicted octanol–water partition coefficient (Wildman–Crippen LogP) is 2.61. The van der Waals surface area contributed by atoms with Crippen LogP contribution in [0.2, 0.25) is 0 Å². The van der Waals surface area contributed by atoms with Gasteiger partial charge in [0.2, 0.25) is 0 Å². The summed E-state index contributed by atoms with van der Waals surface area (Å²) in [5.41, 5.74) is 0.856. The van der Waals surface area contributed by atoms with Crippen LogP contribution in [0, 0.1) is 6.92 Å². The quantitative estimate of drug-likeness (QED) is 0.744. The first-order valence-electron chi connectivity index (χ1n) is 5.57. The van der Waals surface area contributed by atoms with Crippen LogP contribution in [0.15, 0.2) is 48.5 Å². The highest BCUT2D eigenvalue weighted by Gasteiger charge is 2.05. The highest BCUT2D eigenvalue weighted by molar-refractivity contribution is 5.90. The van der Waals surface area contributed by atoms with Crippen molar-refractivity contribution in [2.45, 2.75) is 6.92 Å². The van der Waals surface area contributed by atoms with Crippen LogP contribution in [0.5, 0.6) is 11.5 Å². The third-order valence-electron chi connectivity index (χ3n) is 2.25. The molecular formula is C15H16O5. The maximum atomic E-state index is 10.3. The van der Waals surface area contributed by atoms with Gasteiger partial charge in [0.25, 0.3) is 0 Å². The summed E-state index contributed by atoms with van der Waals surface area (Å²) in [4.78, 5) is 18.3. The van der Waals surface area contributed by atoms with Crippen LogP contribution in [0.4, 0.5) is 0 Å². The van der Waals surface area contributed by atoms with Crippen LogP contribution >= 0.6 is 0 Å². The predicted molar refractivity (Wildman–Crippen MR) is 75.0 cm³/mol. The molecule has 0 saturated carbocycles. The van der Waals surface area contributed by atoms with Crippen LogP contribution < -0.4 is 0 Å².